The molecule has 0 aromatic carbocycles. The van der Waals surface area contributed by atoms with Gasteiger partial charge in [0, 0.05) is 19.4 Å². The van der Waals surface area contributed by atoms with E-state index >= 15 is 0 Å². The van der Waals surface area contributed by atoms with Gasteiger partial charge < -0.3 is 20.1 Å². The van der Waals surface area contributed by atoms with E-state index in [1.54, 1.807) is 0 Å². The summed E-state index contributed by atoms with van der Waals surface area (Å²) in [5.41, 5.74) is 5.37. The number of carbonyl (C=O) groups excluding carboxylic acids is 2. The maximum absolute atomic E-state index is 12.7. The number of carbonyl (C=O) groups is 2. The lowest BCUT2D eigenvalue weighted by Gasteiger charge is -2.19. The van der Waals surface area contributed by atoms with E-state index < -0.39 is 32.5 Å². The number of phosphoric ester groups is 1. The third-order valence-electron chi connectivity index (χ3n) is 12.0. The maximum atomic E-state index is 12.7. The van der Waals surface area contributed by atoms with Gasteiger partial charge in [-0.3, -0.25) is 18.6 Å². The first-order valence-electron chi connectivity index (χ1n) is 29.8. The van der Waals surface area contributed by atoms with Crippen LogP contribution in [0.4, 0.5) is 0 Å². The fourth-order valence-corrected chi connectivity index (χ4v) is 8.38. The highest BCUT2D eigenvalue weighted by Gasteiger charge is 2.26. The minimum Gasteiger partial charge on any atom is -0.462 e. The molecule has 0 aliphatic rings. The van der Waals surface area contributed by atoms with Crippen LogP contribution in [0.5, 0.6) is 0 Å². The van der Waals surface area contributed by atoms with Crippen molar-refractivity contribution in [3.05, 3.63) is 146 Å². The summed E-state index contributed by atoms with van der Waals surface area (Å²) in [6.45, 7) is 3.58. The van der Waals surface area contributed by atoms with Gasteiger partial charge in [0.15, 0.2) is 6.10 Å². The number of hydrogen-bond acceptors (Lipinski definition) is 8. The van der Waals surface area contributed by atoms with E-state index in [-0.39, 0.29) is 32.6 Å². The number of rotatable bonds is 54. The van der Waals surface area contributed by atoms with E-state index in [1.807, 2.05) is 0 Å². The van der Waals surface area contributed by atoms with Gasteiger partial charge in [-0.2, -0.15) is 0 Å². The van der Waals surface area contributed by atoms with Crippen molar-refractivity contribution in [3.63, 3.8) is 0 Å². The molecule has 10 heteroatoms. The topological polar surface area (TPSA) is 134 Å². The van der Waals surface area contributed by atoms with Gasteiger partial charge in [0.05, 0.1) is 13.2 Å². The summed E-state index contributed by atoms with van der Waals surface area (Å²) in [7, 11) is -4.40. The first-order valence-corrected chi connectivity index (χ1v) is 31.3. The lowest BCUT2D eigenvalue weighted by Crippen LogP contribution is -2.29. The summed E-state index contributed by atoms with van der Waals surface area (Å²) in [6.07, 6.45) is 86.3. The Morgan fingerprint density at radius 2 is 0.724 bits per heavy atom. The molecular formula is C66H108NO8P. The number of esters is 2. The zero-order valence-electron chi connectivity index (χ0n) is 47.9. The Balaban J connectivity index is 4.04. The molecule has 430 valence electrons. The standard InChI is InChI=1S/C66H108NO8P/c1-3-5-7-9-11-13-15-17-19-20-21-22-23-24-25-26-27-28-29-30-31-32-33-34-35-36-37-38-39-40-41-42-43-44-45-47-49-51-53-55-57-59-66(69)75-64(63-74-76(70,71)73-61-60-67)62-72-65(68)58-56-54-52-50-48-46-18-16-14-12-10-8-6-4-2/h5,7,11,13,17,19,21-22,24-25,27-28,30-31,33-34,36-37,39-40,42-43,45,47,64H,3-4,6,8-10,12,14-16,18,20,23,26,29,32,35,38,41,44,46,48-63,67H2,1-2H3,(H,70,71)/b7-5-,13-11-,19-17-,22-21-,25-24-,28-27-,31-30-,34-33-,37-36-,40-39-,43-42-,47-45-. The summed E-state index contributed by atoms with van der Waals surface area (Å²) < 4.78 is 32.9. The molecule has 0 aromatic heterocycles. The molecule has 3 N–H and O–H groups in total. The van der Waals surface area contributed by atoms with Crippen LogP contribution in [-0.2, 0) is 32.7 Å². The first kappa shape index (κ1) is 71.9. The Kier molecular flexibility index (Phi) is 56.9. The van der Waals surface area contributed by atoms with Crippen LogP contribution in [0.1, 0.15) is 226 Å². The van der Waals surface area contributed by atoms with Gasteiger partial charge in [-0.05, 0) is 103 Å². The molecule has 0 amide bonds. The summed E-state index contributed by atoms with van der Waals surface area (Å²) in [5, 5.41) is 0. The van der Waals surface area contributed by atoms with Crippen molar-refractivity contribution >= 4 is 19.8 Å². The average Bonchev–Trinajstić information content (AvgIpc) is 3.41. The molecule has 76 heavy (non-hydrogen) atoms. The molecule has 0 fully saturated rings. The molecule has 2 unspecified atom stereocenters. The zero-order valence-corrected chi connectivity index (χ0v) is 48.8. The summed E-state index contributed by atoms with van der Waals surface area (Å²) in [6, 6.07) is 0. The molecule has 0 radical (unpaired) electrons. The number of hydrogen-bond donors (Lipinski definition) is 2. The highest BCUT2D eigenvalue weighted by atomic mass is 31.2. The Morgan fingerprint density at radius 1 is 0.408 bits per heavy atom. The van der Waals surface area contributed by atoms with Crippen LogP contribution < -0.4 is 5.73 Å². The van der Waals surface area contributed by atoms with Gasteiger partial charge >= 0.3 is 19.8 Å². The maximum Gasteiger partial charge on any atom is 0.472 e. The van der Waals surface area contributed by atoms with E-state index in [9.17, 15) is 19.0 Å². The fraction of sp³-hybridized carbons (Fsp3) is 0.606. The molecular weight excluding hydrogens is 966 g/mol. The normalized spacial score (nSPS) is 14.1. The van der Waals surface area contributed by atoms with Crippen LogP contribution in [0.3, 0.4) is 0 Å². The molecule has 0 aliphatic carbocycles. The first-order chi connectivity index (χ1) is 37.3. The SMILES string of the molecule is CC/C=C\C/C=C\C/C=C\C/C=C\C/C=C\C/C=C\C/C=C\C/C=C\C/C=C\C/C=C\C/C=C\C/C=C\CCCCCCC(=O)OC(COC(=O)CCCCCCCCCCCCCCCC)COP(=O)(O)OCCN. The molecule has 2 atom stereocenters. The zero-order chi connectivity index (χ0) is 55.2. The van der Waals surface area contributed by atoms with Crippen LogP contribution >= 0.6 is 7.82 Å². The third-order valence-corrected chi connectivity index (χ3v) is 13.0. The van der Waals surface area contributed by atoms with E-state index in [4.69, 9.17) is 24.3 Å². The molecule has 0 saturated carbocycles. The quantitative estimate of drug-likeness (QED) is 0.0264. The monoisotopic (exact) mass is 1070 g/mol. The minimum atomic E-state index is -4.40. The Morgan fingerprint density at radius 3 is 1.08 bits per heavy atom. The number of allylic oxidation sites excluding steroid dienone is 24. The van der Waals surface area contributed by atoms with Crippen molar-refractivity contribution in [3.8, 4) is 0 Å². The lowest BCUT2D eigenvalue weighted by atomic mass is 10.0. The van der Waals surface area contributed by atoms with Crippen LogP contribution in [0.15, 0.2) is 146 Å². The number of phosphoric acid groups is 1. The average molecular weight is 1070 g/mol. The molecule has 0 aromatic rings. The van der Waals surface area contributed by atoms with Gasteiger partial charge in [-0.15, -0.1) is 0 Å². The van der Waals surface area contributed by atoms with Gasteiger partial charge in [0.1, 0.15) is 6.61 Å². The largest absolute Gasteiger partial charge is 0.472 e. The van der Waals surface area contributed by atoms with Gasteiger partial charge in [-0.1, -0.05) is 256 Å². The van der Waals surface area contributed by atoms with Crippen molar-refractivity contribution < 1.29 is 37.6 Å². The second-order valence-electron chi connectivity index (χ2n) is 19.1. The molecule has 0 bridgehead atoms. The molecule has 0 heterocycles. The molecule has 0 saturated heterocycles. The number of nitrogens with two attached hydrogens (primary N) is 1. The third kappa shape index (κ3) is 59.1. The van der Waals surface area contributed by atoms with Crippen LogP contribution in [0.25, 0.3) is 0 Å². The molecule has 0 spiro atoms. The second kappa shape index (κ2) is 60.1. The Bertz CT molecular complexity index is 1750. The van der Waals surface area contributed by atoms with Crippen molar-refractivity contribution in [2.45, 2.75) is 232 Å². The Labute approximate surface area is 465 Å². The van der Waals surface area contributed by atoms with E-state index in [1.165, 1.54) is 70.6 Å². The van der Waals surface area contributed by atoms with Gasteiger partial charge in [0.2, 0.25) is 0 Å². The van der Waals surface area contributed by atoms with E-state index in [2.05, 4.69) is 160 Å². The fourth-order valence-electron chi connectivity index (χ4n) is 7.62. The van der Waals surface area contributed by atoms with E-state index in [0.29, 0.717) is 6.42 Å². The van der Waals surface area contributed by atoms with Crippen LogP contribution in [0, 0.1) is 0 Å². The van der Waals surface area contributed by atoms with Crippen molar-refractivity contribution in [1.29, 1.82) is 0 Å². The molecule has 0 rings (SSSR count). The minimum absolute atomic E-state index is 0.0429. The smallest absolute Gasteiger partial charge is 0.462 e. The van der Waals surface area contributed by atoms with Crippen molar-refractivity contribution in [2.75, 3.05) is 26.4 Å². The van der Waals surface area contributed by atoms with Crippen molar-refractivity contribution in [1.82, 2.24) is 0 Å². The van der Waals surface area contributed by atoms with Crippen molar-refractivity contribution in [2.24, 2.45) is 5.73 Å². The van der Waals surface area contributed by atoms with Crippen LogP contribution in [0.2, 0.25) is 0 Å². The molecule has 9 nitrogen and oxygen atoms in total. The lowest BCUT2D eigenvalue weighted by molar-refractivity contribution is -0.161. The van der Waals surface area contributed by atoms with Gasteiger partial charge in [0.25, 0.3) is 0 Å². The highest BCUT2D eigenvalue weighted by Crippen LogP contribution is 2.43. The number of ether oxygens (including phenoxy) is 2. The second-order valence-corrected chi connectivity index (χ2v) is 20.6. The summed E-state index contributed by atoms with van der Waals surface area (Å²) in [4.78, 5) is 35.1. The predicted molar refractivity (Wildman–Crippen MR) is 325 cm³/mol. The van der Waals surface area contributed by atoms with E-state index in [0.717, 1.165) is 122 Å². The summed E-state index contributed by atoms with van der Waals surface area (Å²) in [5.74, 6) is -0.863. The van der Waals surface area contributed by atoms with Crippen LogP contribution in [-0.4, -0.2) is 49.3 Å². The Hall–Kier alpha value is -4.11. The predicted octanol–water partition coefficient (Wildman–Crippen LogP) is 19.1. The summed E-state index contributed by atoms with van der Waals surface area (Å²) >= 11 is 0. The van der Waals surface area contributed by atoms with Gasteiger partial charge in [-0.25, -0.2) is 4.57 Å². The highest BCUT2D eigenvalue weighted by molar-refractivity contribution is 7.47. The molecule has 0 aliphatic heterocycles. The number of unbranched alkanes of at least 4 members (excludes halogenated alkanes) is 17.